The van der Waals surface area contributed by atoms with Crippen LogP contribution in [0.5, 0.6) is 0 Å². The molecule has 0 bridgehead atoms. The van der Waals surface area contributed by atoms with E-state index in [9.17, 15) is 23.3 Å². The smallest absolute Gasteiger partial charge is 0.317 e. The van der Waals surface area contributed by atoms with Gasteiger partial charge in [-0.15, -0.1) is 12.4 Å². The number of hydrogen-bond donors (Lipinski definition) is 1. The molecule has 0 aromatic heterocycles. The number of nitrogens with zero attached hydrogens (tertiary/aromatic N) is 1. The fraction of sp³-hybridized carbons (Fsp3) is 0.500. The number of halogens is 4. The minimum Gasteiger partial charge on any atom is -0.317 e. The third-order valence-corrected chi connectivity index (χ3v) is 3.33. The highest BCUT2D eigenvalue weighted by molar-refractivity contribution is 5.85. The summed E-state index contributed by atoms with van der Waals surface area (Å²) < 4.78 is 37.7. The van der Waals surface area contributed by atoms with E-state index in [4.69, 9.17) is 0 Å². The van der Waals surface area contributed by atoms with Gasteiger partial charge in [0.25, 0.3) is 5.69 Å². The number of piperidine rings is 1. The maximum Gasteiger partial charge on any atom is 0.416 e. The van der Waals surface area contributed by atoms with Gasteiger partial charge in [0, 0.05) is 11.6 Å². The Bertz CT molecular complexity index is 488. The van der Waals surface area contributed by atoms with Crippen LogP contribution >= 0.6 is 12.4 Å². The maximum atomic E-state index is 12.6. The van der Waals surface area contributed by atoms with Crippen LogP contribution in [0.15, 0.2) is 18.2 Å². The van der Waals surface area contributed by atoms with Crippen molar-refractivity contribution in [1.29, 1.82) is 0 Å². The molecule has 1 aliphatic rings. The van der Waals surface area contributed by atoms with Gasteiger partial charge in [0.05, 0.1) is 10.5 Å². The molecule has 0 atom stereocenters. The second-order valence-electron chi connectivity index (χ2n) is 4.55. The van der Waals surface area contributed by atoms with Crippen molar-refractivity contribution in [3.05, 3.63) is 39.4 Å². The van der Waals surface area contributed by atoms with Crippen molar-refractivity contribution in [2.24, 2.45) is 0 Å². The van der Waals surface area contributed by atoms with E-state index in [1.165, 1.54) is 6.07 Å². The molecule has 20 heavy (non-hydrogen) atoms. The van der Waals surface area contributed by atoms with Gasteiger partial charge in [-0.1, -0.05) is 6.07 Å². The lowest BCUT2D eigenvalue weighted by atomic mass is 9.88. The Morgan fingerprint density at radius 3 is 2.35 bits per heavy atom. The number of rotatable bonds is 2. The average Bonchev–Trinajstić information content (AvgIpc) is 2.38. The SMILES string of the molecule is Cl.O=[N+]([O-])c1cc(C(F)(F)F)ccc1C1CCNCC1. The quantitative estimate of drug-likeness (QED) is 0.672. The molecule has 112 valence electrons. The number of nitro groups is 1. The van der Waals surface area contributed by atoms with Crippen LogP contribution in [-0.4, -0.2) is 18.0 Å². The van der Waals surface area contributed by atoms with Crippen molar-refractivity contribution in [2.45, 2.75) is 24.9 Å². The van der Waals surface area contributed by atoms with E-state index in [1.807, 2.05) is 0 Å². The Morgan fingerprint density at radius 2 is 1.85 bits per heavy atom. The van der Waals surface area contributed by atoms with E-state index in [2.05, 4.69) is 5.32 Å². The van der Waals surface area contributed by atoms with Crippen LogP contribution < -0.4 is 5.32 Å². The van der Waals surface area contributed by atoms with Gasteiger partial charge < -0.3 is 5.32 Å². The topological polar surface area (TPSA) is 55.2 Å². The molecule has 0 saturated carbocycles. The third-order valence-electron chi connectivity index (χ3n) is 3.33. The van der Waals surface area contributed by atoms with E-state index in [0.29, 0.717) is 24.5 Å². The van der Waals surface area contributed by atoms with Gasteiger partial charge in [-0.25, -0.2) is 0 Å². The lowest BCUT2D eigenvalue weighted by molar-refractivity contribution is -0.386. The van der Waals surface area contributed by atoms with Crippen LogP contribution in [0.25, 0.3) is 0 Å². The molecule has 1 aromatic carbocycles. The van der Waals surface area contributed by atoms with Gasteiger partial charge in [-0.3, -0.25) is 10.1 Å². The standard InChI is InChI=1S/C12H13F3N2O2.ClH/c13-12(14,15)9-1-2-10(11(7-9)17(18)19)8-3-5-16-6-4-8;/h1-2,7-8,16H,3-6H2;1H. The number of alkyl halides is 3. The van der Waals surface area contributed by atoms with E-state index in [-0.39, 0.29) is 18.3 Å². The predicted molar refractivity (Wildman–Crippen MR) is 70.2 cm³/mol. The van der Waals surface area contributed by atoms with E-state index in [0.717, 1.165) is 19.2 Å². The van der Waals surface area contributed by atoms with Crippen molar-refractivity contribution in [3.8, 4) is 0 Å². The van der Waals surface area contributed by atoms with Crippen LogP contribution in [0, 0.1) is 10.1 Å². The van der Waals surface area contributed by atoms with Gasteiger partial charge in [-0.2, -0.15) is 13.2 Å². The third kappa shape index (κ3) is 3.61. The highest BCUT2D eigenvalue weighted by atomic mass is 35.5. The Hall–Kier alpha value is -1.34. The highest BCUT2D eigenvalue weighted by Crippen LogP contribution is 2.37. The van der Waals surface area contributed by atoms with Crippen LogP contribution in [0.4, 0.5) is 18.9 Å². The van der Waals surface area contributed by atoms with Gasteiger partial charge in [-0.05, 0) is 37.9 Å². The fourth-order valence-electron chi connectivity index (χ4n) is 2.36. The molecule has 0 unspecified atom stereocenters. The van der Waals surface area contributed by atoms with Crippen LogP contribution in [0.2, 0.25) is 0 Å². The largest absolute Gasteiger partial charge is 0.416 e. The monoisotopic (exact) mass is 310 g/mol. The van der Waals surface area contributed by atoms with Crippen LogP contribution in [0.1, 0.15) is 29.9 Å². The molecule has 0 aliphatic carbocycles. The fourth-order valence-corrected chi connectivity index (χ4v) is 2.36. The van der Waals surface area contributed by atoms with Crippen molar-refractivity contribution >= 4 is 18.1 Å². The van der Waals surface area contributed by atoms with Crippen molar-refractivity contribution in [1.82, 2.24) is 5.32 Å². The summed E-state index contributed by atoms with van der Waals surface area (Å²) in [7, 11) is 0. The van der Waals surface area contributed by atoms with Gasteiger partial charge >= 0.3 is 6.18 Å². The van der Waals surface area contributed by atoms with Gasteiger partial charge in [0.15, 0.2) is 0 Å². The highest BCUT2D eigenvalue weighted by Gasteiger charge is 2.34. The molecule has 1 heterocycles. The number of benzene rings is 1. The maximum absolute atomic E-state index is 12.6. The van der Waals surface area contributed by atoms with E-state index >= 15 is 0 Å². The lowest BCUT2D eigenvalue weighted by Gasteiger charge is -2.23. The Kier molecular flexibility index (Phi) is 5.35. The second-order valence-corrected chi connectivity index (χ2v) is 4.55. The molecule has 2 rings (SSSR count). The summed E-state index contributed by atoms with van der Waals surface area (Å²) >= 11 is 0. The summed E-state index contributed by atoms with van der Waals surface area (Å²) in [6, 6.07) is 2.80. The molecule has 1 saturated heterocycles. The molecule has 4 nitrogen and oxygen atoms in total. The molecule has 0 amide bonds. The molecule has 8 heteroatoms. The molecular weight excluding hydrogens is 297 g/mol. The summed E-state index contributed by atoms with van der Waals surface area (Å²) in [5.74, 6) is -0.0519. The van der Waals surface area contributed by atoms with Crippen molar-refractivity contribution in [3.63, 3.8) is 0 Å². The summed E-state index contributed by atoms with van der Waals surface area (Å²) in [5.41, 5.74) is -1.00. The molecule has 0 radical (unpaired) electrons. The molecule has 1 aliphatic heterocycles. The second kappa shape index (κ2) is 6.41. The zero-order valence-electron chi connectivity index (χ0n) is 10.4. The summed E-state index contributed by atoms with van der Waals surface area (Å²) in [6.07, 6.45) is -3.16. The van der Waals surface area contributed by atoms with Gasteiger partial charge in [0.2, 0.25) is 0 Å². The number of hydrogen-bond acceptors (Lipinski definition) is 3. The van der Waals surface area contributed by atoms with Crippen molar-refractivity contribution in [2.75, 3.05) is 13.1 Å². The minimum absolute atomic E-state index is 0. The normalized spacial score (nSPS) is 16.6. The molecule has 0 spiro atoms. The zero-order valence-corrected chi connectivity index (χ0v) is 11.3. The Morgan fingerprint density at radius 1 is 1.25 bits per heavy atom. The summed E-state index contributed by atoms with van der Waals surface area (Å²) in [5, 5.41) is 14.1. The average molecular weight is 311 g/mol. The first kappa shape index (κ1) is 16.7. The molecular formula is C12H14ClF3N2O2. The first-order chi connectivity index (χ1) is 8.89. The van der Waals surface area contributed by atoms with Crippen LogP contribution in [-0.2, 0) is 6.18 Å². The molecule has 1 fully saturated rings. The van der Waals surface area contributed by atoms with E-state index < -0.39 is 22.4 Å². The minimum atomic E-state index is -4.56. The number of nitrogens with one attached hydrogen (secondary N) is 1. The first-order valence-electron chi connectivity index (χ1n) is 5.96. The summed E-state index contributed by atoms with van der Waals surface area (Å²) in [4.78, 5) is 10.2. The molecule has 1 N–H and O–H groups in total. The molecule has 1 aromatic rings. The van der Waals surface area contributed by atoms with Gasteiger partial charge in [0.1, 0.15) is 0 Å². The first-order valence-corrected chi connectivity index (χ1v) is 5.96. The van der Waals surface area contributed by atoms with E-state index in [1.54, 1.807) is 0 Å². The Labute approximate surface area is 119 Å². The van der Waals surface area contributed by atoms with Crippen LogP contribution in [0.3, 0.4) is 0 Å². The number of nitro benzene ring substituents is 1. The predicted octanol–water partition coefficient (Wildman–Crippen LogP) is 3.50. The lowest BCUT2D eigenvalue weighted by Crippen LogP contribution is -2.27. The van der Waals surface area contributed by atoms with Crippen molar-refractivity contribution < 1.29 is 18.1 Å². The zero-order chi connectivity index (χ0) is 14.0. The summed E-state index contributed by atoms with van der Waals surface area (Å²) in [6.45, 7) is 1.45. The Balaban J connectivity index is 0.00000200.